The second-order valence-corrected chi connectivity index (χ2v) is 7.11. The monoisotopic (exact) mass is 385 g/mol. The molecule has 0 atom stereocenters. The molecule has 1 amide bonds. The maximum atomic E-state index is 12.2. The molecule has 132 valence electrons. The topological polar surface area (TPSA) is 85.1 Å². The van der Waals surface area contributed by atoms with E-state index in [4.69, 9.17) is 0 Å². The summed E-state index contributed by atoms with van der Waals surface area (Å²) >= 11 is 2.99. The first-order valence-corrected chi connectivity index (χ1v) is 9.79. The largest absolute Gasteiger partial charge is 0.302 e. The lowest BCUT2D eigenvalue weighted by molar-refractivity contribution is -0.385. The van der Waals surface area contributed by atoms with Gasteiger partial charge in [-0.2, -0.15) is 0 Å². The van der Waals surface area contributed by atoms with Crippen molar-refractivity contribution < 1.29 is 9.72 Å². The molecule has 0 bridgehead atoms. The quantitative estimate of drug-likeness (QED) is 0.380. The van der Waals surface area contributed by atoms with Crippen LogP contribution in [0.4, 0.5) is 10.8 Å². The summed E-state index contributed by atoms with van der Waals surface area (Å²) in [5.41, 5.74) is 2.07. The Morgan fingerprint density at radius 2 is 1.96 bits per heavy atom. The molecule has 6 nitrogen and oxygen atoms in total. The Balaban J connectivity index is 1.69. The summed E-state index contributed by atoms with van der Waals surface area (Å²) in [7, 11) is 0. The minimum absolute atomic E-state index is 0.0589. The highest BCUT2D eigenvalue weighted by Crippen LogP contribution is 2.27. The second-order valence-electron chi connectivity index (χ2n) is 5.38. The van der Waals surface area contributed by atoms with Gasteiger partial charge in [-0.05, 0) is 18.4 Å². The maximum Gasteiger partial charge on any atom is 0.273 e. The van der Waals surface area contributed by atoms with Crippen LogP contribution in [0.15, 0.2) is 58.8 Å². The second kappa shape index (κ2) is 8.11. The third-order valence-corrected chi connectivity index (χ3v) is 5.18. The molecule has 0 saturated carbocycles. The molecule has 1 N–H and O–H groups in total. The number of thiazole rings is 1. The Morgan fingerprint density at radius 3 is 2.65 bits per heavy atom. The SMILES string of the molecule is CSc1ccc(-c2csc(NC(=O)Cc3ccccc3[N+](=O)[O-])n2)cc1. The lowest BCUT2D eigenvalue weighted by atomic mass is 10.1. The zero-order chi connectivity index (χ0) is 18.5. The number of para-hydroxylation sites is 1. The van der Waals surface area contributed by atoms with Gasteiger partial charge in [-0.1, -0.05) is 30.3 Å². The molecule has 0 fully saturated rings. The van der Waals surface area contributed by atoms with Crippen molar-refractivity contribution in [2.75, 3.05) is 11.6 Å². The van der Waals surface area contributed by atoms with E-state index >= 15 is 0 Å². The fourth-order valence-electron chi connectivity index (χ4n) is 2.40. The molecule has 1 aromatic heterocycles. The molecule has 1 heterocycles. The summed E-state index contributed by atoms with van der Waals surface area (Å²) in [4.78, 5) is 28.4. The van der Waals surface area contributed by atoms with Gasteiger partial charge in [0.15, 0.2) is 5.13 Å². The van der Waals surface area contributed by atoms with E-state index in [0.29, 0.717) is 10.7 Å². The van der Waals surface area contributed by atoms with Crippen molar-refractivity contribution in [2.24, 2.45) is 0 Å². The summed E-state index contributed by atoms with van der Waals surface area (Å²) in [6.45, 7) is 0. The van der Waals surface area contributed by atoms with Crippen LogP contribution in [-0.4, -0.2) is 22.1 Å². The summed E-state index contributed by atoms with van der Waals surface area (Å²) in [5, 5.41) is 16.1. The Labute approximate surface area is 158 Å². The van der Waals surface area contributed by atoms with Gasteiger partial charge in [0.2, 0.25) is 5.91 Å². The standard InChI is InChI=1S/C18H15N3O3S2/c1-25-14-8-6-12(7-9-14)15-11-26-18(19-15)20-17(22)10-13-4-2-3-5-16(13)21(23)24/h2-9,11H,10H2,1H3,(H,19,20,22). The Bertz CT molecular complexity index is 939. The van der Waals surface area contributed by atoms with Crippen LogP contribution in [0, 0.1) is 10.1 Å². The van der Waals surface area contributed by atoms with Crippen molar-refractivity contribution in [3.63, 3.8) is 0 Å². The van der Waals surface area contributed by atoms with Gasteiger partial charge in [-0.25, -0.2) is 4.98 Å². The molecule has 0 aliphatic rings. The smallest absolute Gasteiger partial charge is 0.273 e. The third kappa shape index (κ3) is 4.27. The van der Waals surface area contributed by atoms with E-state index in [1.54, 1.807) is 30.0 Å². The number of nitro groups is 1. The number of carbonyl (C=O) groups is 1. The molecule has 0 radical (unpaired) electrons. The lowest BCUT2D eigenvalue weighted by Crippen LogP contribution is -2.15. The van der Waals surface area contributed by atoms with Crippen molar-refractivity contribution in [3.8, 4) is 11.3 Å². The van der Waals surface area contributed by atoms with E-state index in [2.05, 4.69) is 10.3 Å². The molecule has 0 saturated heterocycles. The number of hydrogen-bond donors (Lipinski definition) is 1. The molecule has 2 aromatic carbocycles. The Hall–Kier alpha value is -2.71. The van der Waals surface area contributed by atoms with Crippen LogP contribution in [0.3, 0.4) is 0 Å². The predicted octanol–water partition coefficient (Wildman–Crippen LogP) is 4.62. The zero-order valence-corrected chi connectivity index (χ0v) is 15.5. The van der Waals surface area contributed by atoms with Crippen LogP contribution in [0.2, 0.25) is 0 Å². The molecule has 0 unspecified atom stereocenters. The summed E-state index contributed by atoms with van der Waals surface area (Å²) in [6.07, 6.45) is 1.94. The number of benzene rings is 2. The first-order valence-electron chi connectivity index (χ1n) is 7.69. The van der Waals surface area contributed by atoms with Crippen LogP contribution in [-0.2, 0) is 11.2 Å². The van der Waals surface area contributed by atoms with Gasteiger partial charge in [0, 0.05) is 27.5 Å². The summed E-state index contributed by atoms with van der Waals surface area (Å²) < 4.78 is 0. The van der Waals surface area contributed by atoms with E-state index in [1.165, 1.54) is 22.3 Å². The van der Waals surface area contributed by atoms with E-state index in [9.17, 15) is 14.9 Å². The minimum atomic E-state index is -0.484. The van der Waals surface area contributed by atoms with Crippen LogP contribution < -0.4 is 5.32 Å². The van der Waals surface area contributed by atoms with Gasteiger partial charge < -0.3 is 5.32 Å². The highest BCUT2D eigenvalue weighted by molar-refractivity contribution is 7.98. The van der Waals surface area contributed by atoms with Gasteiger partial charge in [-0.15, -0.1) is 23.1 Å². The van der Waals surface area contributed by atoms with E-state index < -0.39 is 4.92 Å². The summed E-state index contributed by atoms with van der Waals surface area (Å²) in [6, 6.07) is 14.2. The fraction of sp³-hybridized carbons (Fsp3) is 0.111. The highest BCUT2D eigenvalue weighted by atomic mass is 32.2. The number of hydrogen-bond acceptors (Lipinski definition) is 6. The molecule has 3 aromatic rings. The first kappa shape index (κ1) is 18.1. The summed E-state index contributed by atoms with van der Waals surface area (Å²) in [5.74, 6) is -0.335. The molecular formula is C18H15N3O3S2. The average Bonchev–Trinajstić information content (AvgIpc) is 3.10. The van der Waals surface area contributed by atoms with Crippen molar-refractivity contribution in [1.82, 2.24) is 4.98 Å². The van der Waals surface area contributed by atoms with Crippen LogP contribution in [0.5, 0.6) is 0 Å². The molecule has 0 aliphatic carbocycles. The fourth-order valence-corrected chi connectivity index (χ4v) is 3.54. The first-order chi connectivity index (χ1) is 12.6. The number of rotatable bonds is 6. The number of nitrogens with zero attached hydrogens (tertiary/aromatic N) is 2. The number of aromatic nitrogens is 1. The minimum Gasteiger partial charge on any atom is -0.302 e. The lowest BCUT2D eigenvalue weighted by Gasteiger charge is -2.03. The predicted molar refractivity (Wildman–Crippen MR) is 105 cm³/mol. The maximum absolute atomic E-state index is 12.2. The Morgan fingerprint density at radius 1 is 1.23 bits per heavy atom. The van der Waals surface area contributed by atoms with Gasteiger partial charge >= 0.3 is 0 Å². The van der Waals surface area contributed by atoms with Crippen molar-refractivity contribution in [1.29, 1.82) is 0 Å². The molecule has 8 heteroatoms. The van der Waals surface area contributed by atoms with Gasteiger partial charge in [-0.3, -0.25) is 14.9 Å². The number of nitrogens with one attached hydrogen (secondary N) is 1. The highest BCUT2D eigenvalue weighted by Gasteiger charge is 2.16. The van der Waals surface area contributed by atoms with E-state index in [0.717, 1.165) is 11.3 Å². The molecule has 3 rings (SSSR count). The number of amides is 1. The number of thioether (sulfide) groups is 1. The average molecular weight is 385 g/mol. The van der Waals surface area contributed by atoms with E-state index in [-0.39, 0.29) is 18.0 Å². The van der Waals surface area contributed by atoms with Crippen molar-refractivity contribution in [3.05, 3.63) is 69.6 Å². The van der Waals surface area contributed by atoms with Gasteiger partial charge in [0.1, 0.15) is 0 Å². The molecular weight excluding hydrogens is 370 g/mol. The van der Waals surface area contributed by atoms with Crippen molar-refractivity contribution >= 4 is 39.8 Å². The van der Waals surface area contributed by atoms with Crippen LogP contribution in [0.25, 0.3) is 11.3 Å². The van der Waals surface area contributed by atoms with E-state index in [1.807, 2.05) is 35.9 Å². The Kier molecular flexibility index (Phi) is 5.65. The third-order valence-electron chi connectivity index (χ3n) is 3.68. The number of anilines is 1. The number of carbonyl (C=O) groups excluding carboxylic acids is 1. The molecule has 0 spiro atoms. The number of nitro benzene ring substituents is 1. The van der Waals surface area contributed by atoms with Gasteiger partial charge in [0.05, 0.1) is 17.0 Å². The molecule has 26 heavy (non-hydrogen) atoms. The van der Waals surface area contributed by atoms with Crippen LogP contribution in [0.1, 0.15) is 5.56 Å². The zero-order valence-electron chi connectivity index (χ0n) is 13.8. The normalized spacial score (nSPS) is 10.5. The van der Waals surface area contributed by atoms with Crippen LogP contribution >= 0.6 is 23.1 Å². The molecule has 0 aliphatic heterocycles. The van der Waals surface area contributed by atoms with Crippen molar-refractivity contribution in [2.45, 2.75) is 11.3 Å². The van der Waals surface area contributed by atoms with Gasteiger partial charge in [0.25, 0.3) is 5.69 Å².